The van der Waals surface area contributed by atoms with Gasteiger partial charge in [0.1, 0.15) is 17.6 Å². The average molecular weight is 334 g/mol. The molecule has 0 aliphatic carbocycles. The Morgan fingerprint density at radius 1 is 1.21 bits per heavy atom. The van der Waals surface area contributed by atoms with Crippen LogP contribution in [0.2, 0.25) is 0 Å². The van der Waals surface area contributed by atoms with Crippen LogP contribution in [0.1, 0.15) is 25.7 Å². The van der Waals surface area contributed by atoms with E-state index in [1.54, 1.807) is 13.2 Å². The number of rotatable bonds is 4. The van der Waals surface area contributed by atoms with E-state index >= 15 is 0 Å². The van der Waals surface area contributed by atoms with Crippen LogP contribution in [0.4, 0.5) is 5.69 Å². The summed E-state index contributed by atoms with van der Waals surface area (Å²) in [5, 5.41) is 0. The number of methoxy groups -OCH3 is 1. The summed E-state index contributed by atoms with van der Waals surface area (Å²) in [5.74, 6) is 1.80. The fourth-order valence-electron chi connectivity index (χ4n) is 3.35. The van der Waals surface area contributed by atoms with E-state index in [9.17, 15) is 4.79 Å². The molecule has 2 aliphatic heterocycles. The molecule has 2 heterocycles. The van der Waals surface area contributed by atoms with Crippen molar-refractivity contribution in [2.75, 3.05) is 39.1 Å². The Morgan fingerprint density at radius 2 is 1.92 bits per heavy atom. The first-order valence-corrected chi connectivity index (χ1v) is 8.64. The fraction of sp³-hybridized carbons (Fsp3) is 0.611. The van der Waals surface area contributed by atoms with Crippen LogP contribution in [-0.2, 0) is 9.53 Å². The van der Waals surface area contributed by atoms with E-state index in [1.165, 1.54) is 0 Å². The number of likely N-dealkylation sites (tertiary alicyclic amines) is 1. The zero-order valence-electron chi connectivity index (χ0n) is 14.2. The van der Waals surface area contributed by atoms with E-state index in [-0.39, 0.29) is 17.9 Å². The van der Waals surface area contributed by atoms with Gasteiger partial charge in [-0.15, -0.1) is 0 Å². The van der Waals surface area contributed by atoms with E-state index in [4.69, 9.17) is 19.9 Å². The topological polar surface area (TPSA) is 74.0 Å². The lowest BCUT2D eigenvalue weighted by Gasteiger charge is -2.35. The summed E-state index contributed by atoms with van der Waals surface area (Å²) in [7, 11) is 1.59. The van der Waals surface area contributed by atoms with Crippen LogP contribution in [0.5, 0.6) is 11.5 Å². The number of piperidine rings is 1. The minimum atomic E-state index is 0.122. The largest absolute Gasteiger partial charge is 0.494 e. The summed E-state index contributed by atoms with van der Waals surface area (Å²) >= 11 is 0. The number of carbonyl (C=O) groups excluding carboxylic acids is 1. The van der Waals surface area contributed by atoms with Crippen LogP contribution in [0, 0.1) is 5.92 Å². The third-order valence-corrected chi connectivity index (χ3v) is 4.83. The maximum absolute atomic E-state index is 12.5. The lowest BCUT2D eigenvalue weighted by Crippen LogP contribution is -2.45. The van der Waals surface area contributed by atoms with Gasteiger partial charge in [-0.05, 0) is 25.0 Å². The monoisotopic (exact) mass is 334 g/mol. The minimum Gasteiger partial charge on any atom is -0.494 e. The molecule has 6 heteroatoms. The first kappa shape index (κ1) is 16.9. The van der Waals surface area contributed by atoms with Gasteiger partial charge < -0.3 is 24.8 Å². The van der Waals surface area contributed by atoms with Gasteiger partial charge in [0.05, 0.1) is 12.8 Å². The summed E-state index contributed by atoms with van der Waals surface area (Å²) in [4.78, 5) is 14.5. The standard InChI is InChI=1S/C18H26N2O4/c1-22-17-12-15(2-3-16(17)19)24-14-4-8-20(9-5-14)18(21)13-6-10-23-11-7-13/h2-3,12-14H,4-11,19H2,1H3. The number of benzene rings is 1. The minimum absolute atomic E-state index is 0.122. The van der Waals surface area contributed by atoms with Gasteiger partial charge >= 0.3 is 0 Å². The molecule has 0 spiro atoms. The van der Waals surface area contributed by atoms with Crippen LogP contribution in [-0.4, -0.2) is 50.3 Å². The Bertz CT molecular complexity index is 564. The molecule has 1 aromatic carbocycles. The van der Waals surface area contributed by atoms with Gasteiger partial charge in [0.25, 0.3) is 0 Å². The maximum Gasteiger partial charge on any atom is 0.225 e. The smallest absolute Gasteiger partial charge is 0.225 e. The summed E-state index contributed by atoms with van der Waals surface area (Å²) < 4.78 is 16.6. The van der Waals surface area contributed by atoms with Crippen molar-refractivity contribution in [2.24, 2.45) is 5.92 Å². The molecular formula is C18H26N2O4. The molecular weight excluding hydrogens is 308 g/mol. The van der Waals surface area contributed by atoms with Gasteiger partial charge in [0.2, 0.25) is 5.91 Å². The van der Waals surface area contributed by atoms with E-state index in [2.05, 4.69) is 0 Å². The molecule has 132 valence electrons. The second kappa shape index (κ2) is 7.75. The van der Waals surface area contributed by atoms with Gasteiger partial charge in [0, 0.05) is 51.1 Å². The summed E-state index contributed by atoms with van der Waals surface area (Å²) in [6.45, 7) is 2.92. The molecule has 0 atom stereocenters. The number of ether oxygens (including phenoxy) is 3. The summed E-state index contributed by atoms with van der Waals surface area (Å²) in [6.07, 6.45) is 3.52. The number of nitrogens with zero attached hydrogens (tertiary/aromatic N) is 1. The Hall–Kier alpha value is -1.95. The van der Waals surface area contributed by atoms with Crippen molar-refractivity contribution in [1.82, 2.24) is 4.90 Å². The SMILES string of the molecule is COc1cc(OC2CCN(C(=O)C3CCOCC3)CC2)ccc1N. The molecule has 0 bridgehead atoms. The third-order valence-electron chi connectivity index (χ3n) is 4.83. The molecule has 1 amide bonds. The van der Waals surface area contributed by atoms with Gasteiger partial charge in [0.15, 0.2) is 0 Å². The summed E-state index contributed by atoms with van der Waals surface area (Å²) in [5.41, 5.74) is 6.42. The average Bonchev–Trinajstić information content (AvgIpc) is 2.64. The molecule has 0 unspecified atom stereocenters. The predicted molar refractivity (Wildman–Crippen MR) is 91.2 cm³/mol. The van der Waals surface area contributed by atoms with E-state index in [1.807, 2.05) is 17.0 Å². The molecule has 2 saturated heterocycles. The van der Waals surface area contributed by atoms with Crippen LogP contribution in [0.3, 0.4) is 0 Å². The number of hydrogen-bond donors (Lipinski definition) is 1. The number of carbonyl (C=O) groups is 1. The number of hydrogen-bond acceptors (Lipinski definition) is 5. The lowest BCUT2D eigenvalue weighted by atomic mass is 9.97. The van der Waals surface area contributed by atoms with Gasteiger partial charge in [-0.1, -0.05) is 0 Å². The predicted octanol–water partition coefficient (Wildman–Crippen LogP) is 2.07. The van der Waals surface area contributed by atoms with Gasteiger partial charge in [-0.3, -0.25) is 4.79 Å². The Labute approximate surface area is 142 Å². The summed E-state index contributed by atoms with van der Waals surface area (Å²) in [6, 6.07) is 5.46. The number of nitrogens with two attached hydrogens (primary N) is 1. The number of nitrogen functional groups attached to an aromatic ring is 1. The van der Waals surface area contributed by atoms with Crippen LogP contribution < -0.4 is 15.2 Å². The van der Waals surface area contributed by atoms with Crippen molar-refractivity contribution in [3.8, 4) is 11.5 Å². The third kappa shape index (κ3) is 3.93. The highest BCUT2D eigenvalue weighted by Gasteiger charge is 2.30. The molecule has 2 aliphatic rings. The van der Waals surface area contributed by atoms with Crippen molar-refractivity contribution < 1.29 is 19.0 Å². The molecule has 6 nitrogen and oxygen atoms in total. The molecule has 24 heavy (non-hydrogen) atoms. The molecule has 2 N–H and O–H groups in total. The van der Waals surface area contributed by atoms with Crippen molar-refractivity contribution in [3.05, 3.63) is 18.2 Å². The quantitative estimate of drug-likeness (QED) is 0.853. The highest BCUT2D eigenvalue weighted by atomic mass is 16.5. The number of anilines is 1. The molecule has 3 rings (SSSR count). The Morgan fingerprint density at radius 3 is 2.58 bits per heavy atom. The van der Waals surface area contributed by atoms with Gasteiger partial charge in [-0.2, -0.15) is 0 Å². The lowest BCUT2D eigenvalue weighted by molar-refractivity contribution is -0.140. The first-order chi connectivity index (χ1) is 11.7. The van der Waals surface area contributed by atoms with E-state index < -0.39 is 0 Å². The van der Waals surface area contributed by atoms with Crippen molar-refractivity contribution >= 4 is 11.6 Å². The highest BCUT2D eigenvalue weighted by molar-refractivity contribution is 5.79. The molecule has 0 radical (unpaired) electrons. The molecule has 2 fully saturated rings. The first-order valence-electron chi connectivity index (χ1n) is 8.64. The van der Waals surface area contributed by atoms with Crippen LogP contribution >= 0.6 is 0 Å². The second-order valence-corrected chi connectivity index (χ2v) is 6.43. The van der Waals surface area contributed by atoms with Crippen LogP contribution in [0.25, 0.3) is 0 Å². The van der Waals surface area contributed by atoms with Gasteiger partial charge in [-0.25, -0.2) is 0 Å². The maximum atomic E-state index is 12.5. The zero-order valence-corrected chi connectivity index (χ0v) is 14.2. The molecule has 0 aromatic heterocycles. The van der Waals surface area contributed by atoms with E-state index in [0.717, 1.165) is 44.5 Å². The molecule has 1 aromatic rings. The highest BCUT2D eigenvalue weighted by Crippen LogP contribution is 2.29. The second-order valence-electron chi connectivity index (χ2n) is 6.43. The van der Waals surface area contributed by atoms with Crippen molar-refractivity contribution in [1.29, 1.82) is 0 Å². The number of amides is 1. The Balaban J connectivity index is 1.50. The fourth-order valence-corrected chi connectivity index (χ4v) is 3.35. The Kier molecular flexibility index (Phi) is 5.45. The zero-order chi connectivity index (χ0) is 16.9. The molecule has 0 saturated carbocycles. The van der Waals surface area contributed by atoms with Crippen LogP contribution in [0.15, 0.2) is 18.2 Å². The van der Waals surface area contributed by atoms with E-state index in [0.29, 0.717) is 24.7 Å². The normalized spacial score (nSPS) is 20.0. The van der Waals surface area contributed by atoms with Crippen molar-refractivity contribution in [2.45, 2.75) is 31.8 Å². The van der Waals surface area contributed by atoms with Crippen molar-refractivity contribution in [3.63, 3.8) is 0 Å².